The van der Waals surface area contributed by atoms with E-state index in [1.165, 1.54) is 12.1 Å². The van der Waals surface area contributed by atoms with Gasteiger partial charge in [0.15, 0.2) is 0 Å². The molecule has 0 bridgehead atoms. The molecule has 0 aliphatic carbocycles. The smallest absolute Gasteiger partial charge is 0.127 e. The molecule has 2 nitrogen and oxygen atoms in total. The van der Waals surface area contributed by atoms with E-state index >= 15 is 0 Å². The first-order valence-corrected chi connectivity index (χ1v) is 7.31. The second-order valence-corrected chi connectivity index (χ2v) is 6.01. The fourth-order valence-corrected chi connectivity index (χ4v) is 3.08. The van der Waals surface area contributed by atoms with E-state index in [1.807, 2.05) is 19.1 Å². The predicted molar refractivity (Wildman–Crippen MR) is 80.2 cm³/mol. The molecule has 0 fully saturated rings. The summed E-state index contributed by atoms with van der Waals surface area (Å²) in [5.41, 5.74) is 9.22. The monoisotopic (exact) mass is 335 g/mol. The molecule has 1 heterocycles. The van der Waals surface area contributed by atoms with Crippen molar-refractivity contribution in [2.24, 2.45) is 5.73 Å². The fourth-order valence-electron chi connectivity index (χ4n) is 2.58. The lowest BCUT2D eigenvalue weighted by Gasteiger charge is -2.31. The molecule has 104 valence electrons. The highest BCUT2D eigenvalue weighted by Gasteiger charge is 2.28. The number of benzene rings is 2. The van der Waals surface area contributed by atoms with Crippen LogP contribution >= 0.6 is 15.9 Å². The lowest BCUT2D eigenvalue weighted by molar-refractivity contribution is 0.160. The minimum absolute atomic E-state index is 0.0983. The van der Waals surface area contributed by atoms with E-state index in [9.17, 15) is 4.39 Å². The molecule has 0 saturated heterocycles. The van der Waals surface area contributed by atoms with Crippen LogP contribution in [0.25, 0.3) is 0 Å². The maximum atomic E-state index is 13.4. The molecule has 2 aromatic carbocycles. The number of ether oxygens (including phenoxy) is 1. The number of fused-ring (bicyclic) bond motifs is 1. The number of halogens is 2. The second kappa shape index (κ2) is 5.19. The van der Waals surface area contributed by atoms with Gasteiger partial charge in [-0.05, 0) is 31.2 Å². The first-order chi connectivity index (χ1) is 9.54. The SMILES string of the molecule is Cc1ccc2c(c1)[C@@H](N)CC(c1cc(F)ccc1Br)O2. The van der Waals surface area contributed by atoms with Gasteiger partial charge in [0.2, 0.25) is 0 Å². The molecule has 20 heavy (non-hydrogen) atoms. The van der Waals surface area contributed by atoms with Gasteiger partial charge < -0.3 is 10.5 Å². The van der Waals surface area contributed by atoms with Gasteiger partial charge in [-0.3, -0.25) is 0 Å². The zero-order valence-electron chi connectivity index (χ0n) is 11.1. The van der Waals surface area contributed by atoms with Crippen LogP contribution in [0.1, 0.15) is 35.3 Å². The van der Waals surface area contributed by atoms with E-state index in [1.54, 1.807) is 6.07 Å². The molecule has 1 unspecified atom stereocenters. The van der Waals surface area contributed by atoms with Gasteiger partial charge in [0.1, 0.15) is 17.7 Å². The van der Waals surface area contributed by atoms with Crippen molar-refractivity contribution in [3.8, 4) is 5.75 Å². The molecule has 4 heteroatoms. The van der Waals surface area contributed by atoms with Crippen LogP contribution in [0.3, 0.4) is 0 Å². The molecule has 2 aromatic rings. The third-order valence-corrected chi connectivity index (χ3v) is 4.33. The highest BCUT2D eigenvalue weighted by molar-refractivity contribution is 9.10. The molecule has 2 atom stereocenters. The molecular formula is C16H15BrFNO. The zero-order chi connectivity index (χ0) is 14.3. The highest BCUT2D eigenvalue weighted by atomic mass is 79.9. The van der Waals surface area contributed by atoms with E-state index in [-0.39, 0.29) is 18.0 Å². The van der Waals surface area contributed by atoms with Crippen LogP contribution in [0.15, 0.2) is 40.9 Å². The molecule has 0 radical (unpaired) electrons. The van der Waals surface area contributed by atoms with Crippen LogP contribution in [0, 0.1) is 12.7 Å². The summed E-state index contributed by atoms with van der Waals surface area (Å²) in [5, 5.41) is 0. The summed E-state index contributed by atoms with van der Waals surface area (Å²) in [6.07, 6.45) is 0.406. The Kier molecular flexibility index (Phi) is 3.52. The Bertz CT molecular complexity index is 659. The summed E-state index contributed by atoms with van der Waals surface area (Å²) >= 11 is 3.45. The maximum absolute atomic E-state index is 13.4. The summed E-state index contributed by atoms with van der Waals surface area (Å²) < 4.78 is 20.3. The van der Waals surface area contributed by atoms with Crippen molar-refractivity contribution >= 4 is 15.9 Å². The molecule has 2 N–H and O–H groups in total. The minimum Gasteiger partial charge on any atom is -0.485 e. The summed E-state index contributed by atoms with van der Waals surface area (Å²) in [6, 6.07) is 10.5. The third kappa shape index (κ3) is 2.45. The third-order valence-electron chi connectivity index (χ3n) is 3.61. The Morgan fingerprint density at radius 3 is 2.80 bits per heavy atom. The number of hydrogen-bond acceptors (Lipinski definition) is 2. The zero-order valence-corrected chi connectivity index (χ0v) is 12.7. The molecule has 0 aromatic heterocycles. The fraction of sp³-hybridized carbons (Fsp3) is 0.250. The average Bonchev–Trinajstić information content (AvgIpc) is 2.42. The van der Waals surface area contributed by atoms with Gasteiger partial charge >= 0.3 is 0 Å². The van der Waals surface area contributed by atoms with Gasteiger partial charge in [-0.2, -0.15) is 0 Å². The van der Waals surface area contributed by atoms with Gasteiger partial charge in [-0.25, -0.2) is 4.39 Å². The van der Waals surface area contributed by atoms with Gasteiger partial charge in [-0.1, -0.05) is 33.6 Å². The van der Waals surface area contributed by atoms with Crippen molar-refractivity contribution in [3.05, 3.63) is 63.4 Å². The molecule has 1 aliphatic heterocycles. The maximum Gasteiger partial charge on any atom is 0.127 e. The van der Waals surface area contributed by atoms with E-state index in [0.717, 1.165) is 26.9 Å². The van der Waals surface area contributed by atoms with Gasteiger partial charge in [-0.15, -0.1) is 0 Å². The summed E-state index contributed by atoms with van der Waals surface area (Å²) in [6.45, 7) is 2.03. The van der Waals surface area contributed by atoms with E-state index < -0.39 is 0 Å². The molecule has 3 rings (SSSR count). The molecule has 0 saturated carbocycles. The van der Waals surface area contributed by atoms with Crippen molar-refractivity contribution in [2.75, 3.05) is 0 Å². The molecule has 0 amide bonds. The Hall–Kier alpha value is -1.39. The Labute approximate surface area is 125 Å². The highest BCUT2D eigenvalue weighted by Crippen LogP contribution is 2.41. The van der Waals surface area contributed by atoms with Crippen LogP contribution in [-0.2, 0) is 0 Å². The van der Waals surface area contributed by atoms with E-state index in [0.29, 0.717) is 6.42 Å². The van der Waals surface area contributed by atoms with Gasteiger partial charge in [0, 0.05) is 28.1 Å². The lowest BCUT2D eigenvalue weighted by Crippen LogP contribution is -2.24. The average molecular weight is 336 g/mol. The Morgan fingerprint density at radius 2 is 2.00 bits per heavy atom. The van der Waals surface area contributed by atoms with Crippen molar-refractivity contribution in [3.63, 3.8) is 0 Å². The molecule has 0 spiro atoms. The quantitative estimate of drug-likeness (QED) is 0.837. The summed E-state index contributed by atoms with van der Waals surface area (Å²) in [4.78, 5) is 0. The van der Waals surface area contributed by atoms with Crippen molar-refractivity contribution in [1.82, 2.24) is 0 Å². The van der Waals surface area contributed by atoms with E-state index in [2.05, 4.69) is 22.0 Å². The standard InChI is InChI=1S/C16H15BrFNO/c1-9-2-5-15-12(6-9)14(19)8-16(20-15)11-7-10(18)3-4-13(11)17/h2-7,14,16H,8,19H2,1H3/t14-,16?/m0/s1. The first kappa shape index (κ1) is 13.6. The second-order valence-electron chi connectivity index (χ2n) is 5.16. The largest absolute Gasteiger partial charge is 0.485 e. The molecular weight excluding hydrogens is 321 g/mol. The van der Waals surface area contributed by atoms with Crippen LogP contribution in [-0.4, -0.2) is 0 Å². The normalized spacial score (nSPS) is 21.2. The van der Waals surface area contributed by atoms with Crippen molar-refractivity contribution in [1.29, 1.82) is 0 Å². The van der Waals surface area contributed by atoms with Crippen molar-refractivity contribution < 1.29 is 9.13 Å². The topological polar surface area (TPSA) is 35.2 Å². The minimum atomic E-state index is -0.268. The van der Waals surface area contributed by atoms with Gasteiger partial charge in [0.05, 0.1) is 0 Å². The number of rotatable bonds is 1. The van der Waals surface area contributed by atoms with Crippen LogP contribution < -0.4 is 10.5 Å². The Balaban J connectivity index is 1.99. The van der Waals surface area contributed by atoms with Crippen LogP contribution in [0.5, 0.6) is 5.75 Å². The van der Waals surface area contributed by atoms with Gasteiger partial charge in [0.25, 0.3) is 0 Å². The van der Waals surface area contributed by atoms with Crippen molar-refractivity contribution in [2.45, 2.75) is 25.5 Å². The Morgan fingerprint density at radius 1 is 1.20 bits per heavy atom. The number of aryl methyl sites for hydroxylation is 1. The van der Waals surface area contributed by atoms with E-state index in [4.69, 9.17) is 10.5 Å². The lowest BCUT2D eigenvalue weighted by atomic mass is 9.92. The number of hydrogen-bond donors (Lipinski definition) is 1. The van der Waals surface area contributed by atoms with Crippen LogP contribution in [0.2, 0.25) is 0 Å². The first-order valence-electron chi connectivity index (χ1n) is 6.52. The summed E-state index contributed by atoms with van der Waals surface area (Å²) in [5.74, 6) is 0.519. The van der Waals surface area contributed by atoms with Crippen LogP contribution in [0.4, 0.5) is 4.39 Å². The summed E-state index contributed by atoms with van der Waals surface area (Å²) in [7, 11) is 0. The molecule has 1 aliphatic rings. The number of nitrogens with two attached hydrogens (primary N) is 1. The predicted octanol–water partition coefficient (Wildman–Crippen LogP) is 4.42.